The molecule has 28 heavy (non-hydrogen) atoms. The van der Waals surface area contributed by atoms with Gasteiger partial charge in [0, 0.05) is 32.2 Å². The zero-order valence-electron chi connectivity index (χ0n) is 16.4. The Labute approximate surface area is 167 Å². The third-order valence-corrected chi connectivity index (χ3v) is 5.85. The van der Waals surface area contributed by atoms with Crippen molar-refractivity contribution in [1.29, 1.82) is 0 Å². The average molecular weight is 402 g/mol. The molecule has 0 bridgehead atoms. The minimum Gasteiger partial charge on any atom is -0.342 e. The number of rotatable bonds is 3. The van der Waals surface area contributed by atoms with Crippen molar-refractivity contribution in [2.75, 3.05) is 18.0 Å². The second-order valence-corrected chi connectivity index (χ2v) is 8.11. The summed E-state index contributed by atoms with van der Waals surface area (Å²) in [6, 6.07) is 7.39. The third kappa shape index (κ3) is 3.13. The highest BCUT2D eigenvalue weighted by molar-refractivity contribution is 6.30. The minimum absolute atomic E-state index is 0.319. The molecule has 0 radical (unpaired) electrons. The van der Waals surface area contributed by atoms with E-state index < -0.39 is 0 Å². The molecule has 8 heteroatoms. The van der Waals surface area contributed by atoms with Gasteiger partial charge in [-0.05, 0) is 36.5 Å². The summed E-state index contributed by atoms with van der Waals surface area (Å²) in [5, 5.41) is 0.611. The molecule has 3 aromatic rings. The maximum absolute atomic E-state index is 12.9. The summed E-state index contributed by atoms with van der Waals surface area (Å²) in [5.41, 5.74) is 1.03. The van der Waals surface area contributed by atoms with E-state index in [1.165, 1.54) is 7.05 Å². The molecule has 7 nitrogen and oxygen atoms in total. The molecule has 3 heterocycles. The van der Waals surface area contributed by atoms with Crippen molar-refractivity contribution >= 4 is 28.7 Å². The van der Waals surface area contributed by atoms with E-state index in [9.17, 15) is 9.59 Å². The summed E-state index contributed by atoms with van der Waals surface area (Å²) in [5.74, 6) is 1.43. The maximum atomic E-state index is 12.9. The van der Waals surface area contributed by atoms with Crippen LogP contribution in [0.2, 0.25) is 5.02 Å². The summed E-state index contributed by atoms with van der Waals surface area (Å²) in [6.07, 6.45) is 2.19. The molecule has 0 atom stereocenters. The quantitative estimate of drug-likeness (QED) is 0.675. The molecular formula is C20H24ClN5O2. The van der Waals surface area contributed by atoms with Gasteiger partial charge < -0.3 is 4.90 Å². The van der Waals surface area contributed by atoms with Gasteiger partial charge >= 0.3 is 5.69 Å². The van der Waals surface area contributed by atoms with E-state index in [-0.39, 0.29) is 11.2 Å². The maximum Gasteiger partial charge on any atom is 0.332 e. The smallest absolute Gasteiger partial charge is 0.332 e. The Morgan fingerprint density at radius 3 is 2.54 bits per heavy atom. The van der Waals surface area contributed by atoms with Crippen molar-refractivity contribution in [2.24, 2.45) is 20.0 Å². The van der Waals surface area contributed by atoms with Gasteiger partial charge in [0.25, 0.3) is 5.56 Å². The van der Waals surface area contributed by atoms with E-state index in [0.717, 1.165) is 42.0 Å². The number of hydrogen-bond donors (Lipinski definition) is 0. The Hall–Kier alpha value is -2.54. The highest BCUT2D eigenvalue weighted by Gasteiger charge is 2.24. The molecule has 4 rings (SSSR count). The Morgan fingerprint density at radius 1 is 1.14 bits per heavy atom. The summed E-state index contributed by atoms with van der Waals surface area (Å²) in [4.78, 5) is 32.5. The van der Waals surface area contributed by atoms with Crippen molar-refractivity contribution in [3.63, 3.8) is 0 Å². The normalized spacial score (nSPS) is 15.5. The first-order valence-corrected chi connectivity index (χ1v) is 9.90. The molecule has 1 fully saturated rings. The molecule has 1 aromatic carbocycles. The van der Waals surface area contributed by atoms with E-state index >= 15 is 0 Å². The van der Waals surface area contributed by atoms with Crippen LogP contribution in [0.4, 0.5) is 5.95 Å². The van der Waals surface area contributed by atoms with Crippen LogP contribution in [0, 0.1) is 5.92 Å². The van der Waals surface area contributed by atoms with Crippen molar-refractivity contribution in [2.45, 2.75) is 26.3 Å². The Kier molecular flexibility index (Phi) is 4.79. The lowest BCUT2D eigenvalue weighted by molar-refractivity contribution is 0.432. The van der Waals surface area contributed by atoms with Gasteiger partial charge in [-0.25, -0.2) is 9.78 Å². The lowest BCUT2D eigenvalue weighted by atomic mass is 10.00. The van der Waals surface area contributed by atoms with E-state index in [0.29, 0.717) is 28.6 Å². The van der Waals surface area contributed by atoms with Crippen molar-refractivity contribution < 1.29 is 0 Å². The van der Waals surface area contributed by atoms with Gasteiger partial charge in [-0.3, -0.25) is 18.5 Å². The fraction of sp³-hybridized carbons (Fsp3) is 0.450. The molecular weight excluding hydrogens is 378 g/mol. The number of halogens is 1. The monoisotopic (exact) mass is 401 g/mol. The van der Waals surface area contributed by atoms with Crippen LogP contribution in [0.15, 0.2) is 33.9 Å². The van der Waals surface area contributed by atoms with Crippen LogP contribution < -0.4 is 16.1 Å². The molecule has 1 aliphatic rings. The lowest BCUT2D eigenvalue weighted by Crippen LogP contribution is -2.38. The largest absolute Gasteiger partial charge is 0.342 e. The number of piperidine rings is 1. The van der Waals surface area contributed by atoms with Crippen LogP contribution in [0.1, 0.15) is 25.3 Å². The third-order valence-electron chi connectivity index (χ3n) is 5.62. The predicted molar refractivity (Wildman–Crippen MR) is 111 cm³/mol. The topological polar surface area (TPSA) is 65.1 Å². The summed E-state index contributed by atoms with van der Waals surface area (Å²) in [7, 11) is 3.37. The second kappa shape index (κ2) is 7.13. The number of fused-ring (bicyclic) bond motifs is 1. The highest BCUT2D eigenvalue weighted by atomic mass is 35.5. The first-order valence-electron chi connectivity index (χ1n) is 9.52. The van der Waals surface area contributed by atoms with Gasteiger partial charge in [0.1, 0.15) is 0 Å². The van der Waals surface area contributed by atoms with Gasteiger partial charge in [-0.1, -0.05) is 30.7 Å². The van der Waals surface area contributed by atoms with Gasteiger partial charge in [-0.15, -0.1) is 0 Å². The molecule has 0 spiro atoms. The molecule has 0 aliphatic carbocycles. The molecule has 1 saturated heterocycles. The van der Waals surface area contributed by atoms with Crippen molar-refractivity contribution in [1.82, 2.24) is 18.7 Å². The van der Waals surface area contributed by atoms with Crippen LogP contribution >= 0.6 is 11.6 Å². The molecule has 0 amide bonds. The van der Waals surface area contributed by atoms with Crippen LogP contribution in [-0.4, -0.2) is 31.8 Å². The number of imidazole rings is 1. The number of aryl methyl sites for hydroxylation is 1. The van der Waals surface area contributed by atoms with Gasteiger partial charge in [-0.2, -0.15) is 0 Å². The molecule has 148 valence electrons. The SMILES string of the molecule is CC1CCN(c2nc3c(=O)n(C)c(=O)n(Cc4cccc(Cl)c4)c3n2C)CC1. The first-order chi connectivity index (χ1) is 13.4. The van der Waals surface area contributed by atoms with Crippen LogP contribution in [0.25, 0.3) is 11.2 Å². The Balaban J connectivity index is 1.89. The number of anilines is 1. The van der Waals surface area contributed by atoms with Gasteiger partial charge in [0.05, 0.1) is 6.54 Å². The molecule has 1 aliphatic heterocycles. The van der Waals surface area contributed by atoms with Crippen LogP contribution in [-0.2, 0) is 20.6 Å². The van der Waals surface area contributed by atoms with E-state index in [1.54, 1.807) is 10.6 Å². The fourth-order valence-electron chi connectivity index (χ4n) is 3.90. The van der Waals surface area contributed by atoms with E-state index in [4.69, 9.17) is 11.6 Å². The summed E-state index contributed by atoms with van der Waals surface area (Å²) < 4.78 is 4.60. The predicted octanol–water partition coefficient (Wildman–Crippen LogP) is 2.37. The Bertz CT molecular complexity index is 1150. The second-order valence-electron chi connectivity index (χ2n) is 7.68. The average Bonchev–Trinajstić information content (AvgIpc) is 3.01. The highest BCUT2D eigenvalue weighted by Crippen LogP contribution is 2.24. The van der Waals surface area contributed by atoms with Crippen molar-refractivity contribution in [3.05, 3.63) is 55.7 Å². The molecule has 2 aromatic heterocycles. The summed E-state index contributed by atoms with van der Waals surface area (Å²) >= 11 is 6.11. The Morgan fingerprint density at radius 2 is 1.86 bits per heavy atom. The number of benzene rings is 1. The van der Waals surface area contributed by atoms with Crippen molar-refractivity contribution in [3.8, 4) is 0 Å². The number of hydrogen-bond acceptors (Lipinski definition) is 4. The van der Waals surface area contributed by atoms with Gasteiger partial charge in [0.2, 0.25) is 5.95 Å². The van der Waals surface area contributed by atoms with E-state index in [1.807, 2.05) is 29.8 Å². The summed E-state index contributed by atoms with van der Waals surface area (Å²) in [6.45, 7) is 4.37. The lowest BCUT2D eigenvalue weighted by Gasteiger charge is -2.30. The minimum atomic E-state index is -0.366. The zero-order chi connectivity index (χ0) is 20.0. The standard InChI is InChI=1S/C20H24ClN5O2/c1-13-7-9-25(10-8-13)19-22-16-17(23(19)2)26(20(28)24(3)18(16)27)12-14-5-4-6-15(21)11-14/h4-6,11,13H,7-10,12H2,1-3H3. The van der Waals surface area contributed by atoms with Gasteiger partial charge in [0.15, 0.2) is 11.2 Å². The van der Waals surface area contributed by atoms with E-state index in [2.05, 4.69) is 16.8 Å². The molecule has 0 N–H and O–H groups in total. The van der Waals surface area contributed by atoms with Crippen LogP contribution in [0.3, 0.4) is 0 Å². The zero-order valence-corrected chi connectivity index (χ0v) is 17.1. The van der Waals surface area contributed by atoms with Crippen LogP contribution in [0.5, 0.6) is 0 Å². The molecule has 0 saturated carbocycles. The number of aromatic nitrogens is 4. The fourth-order valence-corrected chi connectivity index (χ4v) is 4.11. The first kappa shape index (κ1) is 18.8. The number of nitrogens with zero attached hydrogens (tertiary/aromatic N) is 5. The molecule has 0 unspecified atom stereocenters.